The van der Waals surface area contributed by atoms with Crippen LogP contribution in [-0.2, 0) is 4.79 Å². The molecule has 94 valence electrons. The van der Waals surface area contributed by atoms with Crippen LogP contribution in [0.5, 0.6) is 0 Å². The minimum Gasteiger partial charge on any atom is -0.475 e. The smallest absolute Gasteiger partial charge is 0.475 e. The number of carbonyl (C=O) groups is 1. The van der Waals surface area contributed by atoms with Crippen LogP contribution < -0.4 is 5.73 Å². The summed E-state index contributed by atoms with van der Waals surface area (Å²) in [5, 5.41) is 7.12. The molecule has 4 nitrogen and oxygen atoms in total. The summed E-state index contributed by atoms with van der Waals surface area (Å²) >= 11 is 0. The molecule has 2 rings (SSSR count). The van der Waals surface area contributed by atoms with Crippen LogP contribution in [0.1, 0.15) is 19.3 Å². The molecule has 2 fully saturated rings. The van der Waals surface area contributed by atoms with Crippen LogP contribution in [0.15, 0.2) is 0 Å². The lowest BCUT2D eigenvalue weighted by Gasteiger charge is -2.12. The van der Waals surface area contributed by atoms with E-state index >= 15 is 0 Å². The van der Waals surface area contributed by atoms with Gasteiger partial charge in [-0.3, -0.25) is 4.90 Å². The lowest BCUT2D eigenvalue weighted by atomic mass is 10.3. The number of hydrogen-bond acceptors (Lipinski definition) is 3. The van der Waals surface area contributed by atoms with Crippen molar-refractivity contribution in [2.24, 2.45) is 5.73 Å². The van der Waals surface area contributed by atoms with E-state index in [1.165, 1.54) is 25.8 Å². The topological polar surface area (TPSA) is 66.6 Å². The van der Waals surface area contributed by atoms with Gasteiger partial charge in [-0.1, -0.05) is 0 Å². The zero-order valence-electron chi connectivity index (χ0n) is 8.70. The molecule has 0 aromatic carbocycles. The highest BCUT2D eigenvalue weighted by atomic mass is 19.4. The third-order valence-electron chi connectivity index (χ3n) is 2.56. The molecule has 7 heteroatoms. The average Bonchev–Trinajstić information content (AvgIpc) is 2.90. The van der Waals surface area contributed by atoms with Crippen LogP contribution in [0.4, 0.5) is 13.2 Å². The van der Waals surface area contributed by atoms with Gasteiger partial charge < -0.3 is 10.8 Å². The zero-order chi connectivity index (χ0) is 12.3. The maximum atomic E-state index is 10.6. The fourth-order valence-electron chi connectivity index (χ4n) is 1.59. The van der Waals surface area contributed by atoms with Crippen molar-refractivity contribution in [1.29, 1.82) is 0 Å². The first-order valence-corrected chi connectivity index (χ1v) is 5.10. The van der Waals surface area contributed by atoms with E-state index in [4.69, 9.17) is 15.6 Å². The van der Waals surface area contributed by atoms with E-state index in [-0.39, 0.29) is 0 Å². The van der Waals surface area contributed by atoms with Gasteiger partial charge in [-0.2, -0.15) is 13.2 Å². The van der Waals surface area contributed by atoms with E-state index in [2.05, 4.69) is 4.90 Å². The standard InChI is InChI=1S/C7H14N2.C2HF3O2/c8-6-3-4-9(5-6)7-1-2-7;3-2(4,5)1(6)7/h6-7H,1-5,8H2;(H,6,7). The molecule has 1 aliphatic heterocycles. The van der Waals surface area contributed by atoms with E-state index in [1.807, 2.05) is 0 Å². The lowest BCUT2D eigenvalue weighted by Crippen LogP contribution is -2.27. The Hall–Kier alpha value is -0.820. The highest BCUT2D eigenvalue weighted by molar-refractivity contribution is 5.73. The number of halogens is 3. The summed E-state index contributed by atoms with van der Waals surface area (Å²) in [5.74, 6) is -2.76. The van der Waals surface area contributed by atoms with Crippen LogP contribution >= 0.6 is 0 Å². The van der Waals surface area contributed by atoms with Crippen molar-refractivity contribution < 1.29 is 23.1 Å². The van der Waals surface area contributed by atoms with Gasteiger partial charge in [0.15, 0.2) is 0 Å². The first-order valence-electron chi connectivity index (χ1n) is 5.10. The minimum atomic E-state index is -5.08. The Bertz CT molecular complexity index is 254. The molecule has 16 heavy (non-hydrogen) atoms. The first-order chi connectivity index (χ1) is 7.30. The van der Waals surface area contributed by atoms with E-state index in [9.17, 15) is 13.2 Å². The predicted molar refractivity (Wildman–Crippen MR) is 50.9 cm³/mol. The fourth-order valence-corrected chi connectivity index (χ4v) is 1.59. The van der Waals surface area contributed by atoms with E-state index in [0.29, 0.717) is 6.04 Å². The van der Waals surface area contributed by atoms with Gasteiger partial charge in [0, 0.05) is 25.2 Å². The Morgan fingerprint density at radius 1 is 1.31 bits per heavy atom. The van der Waals surface area contributed by atoms with E-state index in [0.717, 1.165) is 12.6 Å². The monoisotopic (exact) mass is 240 g/mol. The summed E-state index contributed by atoms with van der Waals surface area (Å²) in [5.41, 5.74) is 5.75. The fraction of sp³-hybridized carbons (Fsp3) is 0.889. The van der Waals surface area contributed by atoms with Crippen molar-refractivity contribution in [2.45, 2.75) is 37.5 Å². The third kappa shape index (κ3) is 4.36. The number of rotatable bonds is 1. The molecular formula is C9H15F3N2O2. The third-order valence-corrected chi connectivity index (χ3v) is 2.56. The average molecular weight is 240 g/mol. The maximum Gasteiger partial charge on any atom is 0.490 e. The van der Waals surface area contributed by atoms with Gasteiger partial charge in [-0.25, -0.2) is 4.79 Å². The Balaban J connectivity index is 0.000000168. The molecule has 1 saturated heterocycles. The molecular weight excluding hydrogens is 225 g/mol. The molecule has 0 spiro atoms. The molecule has 0 aromatic heterocycles. The molecule has 1 unspecified atom stereocenters. The van der Waals surface area contributed by atoms with Crippen LogP contribution in [0.3, 0.4) is 0 Å². The van der Waals surface area contributed by atoms with Gasteiger partial charge in [0.2, 0.25) is 0 Å². The quantitative estimate of drug-likeness (QED) is 0.712. The molecule has 0 amide bonds. The van der Waals surface area contributed by atoms with Gasteiger partial charge in [-0.15, -0.1) is 0 Å². The van der Waals surface area contributed by atoms with Crippen LogP contribution in [-0.4, -0.2) is 47.3 Å². The van der Waals surface area contributed by atoms with Crippen LogP contribution in [0.2, 0.25) is 0 Å². The minimum absolute atomic E-state index is 0.477. The highest BCUT2D eigenvalue weighted by Gasteiger charge is 2.38. The molecule has 2 aliphatic rings. The molecule has 1 atom stereocenters. The summed E-state index contributed by atoms with van der Waals surface area (Å²) in [6.45, 7) is 2.41. The molecule has 0 aromatic rings. The van der Waals surface area contributed by atoms with Crippen molar-refractivity contribution in [2.75, 3.05) is 13.1 Å². The largest absolute Gasteiger partial charge is 0.490 e. The number of carboxylic acid groups (broad SMARTS) is 1. The molecule has 1 heterocycles. The summed E-state index contributed by atoms with van der Waals surface area (Å²) in [4.78, 5) is 11.4. The number of nitrogens with zero attached hydrogens (tertiary/aromatic N) is 1. The Labute approximate surface area is 91.2 Å². The second kappa shape index (κ2) is 5.01. The van der Waals surface area contributed by atoms with Crippen molar-refractivity contribution in [3.63, 3.8) is 0 Å². The molecule has 0 radical (unpaired) electrons. The Morgan fingerprint density at radius 3 is 2.06 bits per heavy atom. The van der Waals surface area contributed by atoms with Gasteiger partial charge >= 0.3 is 12.1 Å². The zero-order valence-corrected chi connectivity index (χ0v) is 8.70. The normalized spacial score (nSPS) is 26.1. The maximum absolute atomic E-state index is 10.6. The van der Waals surface area contributed by atoms with Crippen LogP contribution in [0, 0.1) is 0 Å². The second-order valence-electron chi connectivity index (χ2n) is 4.08. The van der Waals surface area contributed by atoms with E-state index in [1.54, 1.807) is 0 Å². The first kappa shape index (κ1) is 13.2. The number of hydrogen-bond donors (Lipinski definition) is 2. The number of carboxylic acids is 1. The van der Waals surface area contributed by atoms with Crippen molar-refractivity contribution >= 4 is 5.97 Å². The summed E-state index contributed by atoms with van der Waals surface area (Å²) in [6.07, 6.45) is -1.02. The summed E-state index contributed by atoms with van der Waals surface area (Å²) < 4.78 is 31.7. The highest BCUT2D eigenvalue weighted by Crippen LogP contribution is 2.29. The van der Waals surface area contributed by atoms with Crippen molar-refractivity contribution in [3.05, 3.63) is 0 Å². The van der Waals surface area contributed by atoms with Gasteiger partial charge in [0.1, 0.15) is 0 Å². The summed E-state index contributed by atoms with van der Waals surface area (Å²) in [7, 11) is 0. The molecule has 3 N–H and O–H groups in total. The van der Waals surface area contributed by atoms with Gasteiger partial charge in [0.25, 0.3) is 0 Å². The van der Waals surface area contributed by atoms with Crippen molar-refractivity contribution in [3.8, 4) is 0 Å². The molecule has 1 aliphatic carbocycles. The predicted octanol–water partition coefficient (Wildman–Crippen LogP) is 0.815. The number of aliphatic carboxylic acids is 1. The van der Waals surface area contributed by atoms with E-state index < -0.39 is 12.1 Å². The lowest BCUT2D eigenvalue weighted by molar-refractivity contribution is -0.192. The number of alkyl halides is 3. The van der Waals surface area contributed by atoms with Gasteiger partial charge in [0.05, 0.1) is 0 Å². The second-order valence-corrected chi connectivity index (χ2v) is 4.08. The SMILES string of the molecule is NC1CCN(C2CC2)C1.O=C(O)C(F)(F)F. The number of nitrogens with two attached hydrogens (primary N) is 1. The Morgan fingerprint density at radius 2 is 1.81 bits per heavy atom. The molecule has 0 bridgehead atoms. The van der Waals surface area contributed by atoms with Crippen LogP contribution in [0.25, 0.3) is 0 Å². The van der Waals surface area contributed by atoms with Crippen molar-refractivity contribution in [1.82, 2.24) is 4.90 Å². The number of likely N-dealkylation sites (tertiary alicyclic amines) is 1. The van der Waals surface area contributed by atoms with Gasteiger partial charge in [-0.05, 0) is 19.3 Å². The summed E-state index contributed by atoms with van der Waals surface area (Å²) in [6, 6.07) is 1.41. The molecule has 1 saturated carbocycles. The Kier molecular flexibility index (Phi) is 4.15.